The number of rotatable bonds is 3. The standard InChI is InChI=1S/C9H15ClN2O/c1-4-12-8(7(10)5-11-12)9(13)6(2)3/h5-6,9,13H,4H2,1-3H3. The summed E-state index contributed by atoms with van der Waals surface area (Å²) < 4.78 is 1.73. The number of aliphatic hydroxyl groups is 1. The first-order valence-corrected chi connectivity index (χ1v) is 4.85. The van der Waals surface area contributed by atoms with E-state index < -0.39 is 6.10 Å². The molecule has 1 heterocycles. The summed E-state index contributed by atoms with van der Waals surface area (Å²) in [6.07, 6.45) is 1.04. The van der Waals surface area contributed by atoms with Gasteiger partial charge in [0.25, 0.3) is 0 Å². The molecule has 1 aromatic heterocycles. The minimum Gasteiger partial charge on any atom is -0.386 e. The summed E-state index contributed by atoms with van der Waals surface area (Å²) in [6, 6.07) is 0. The van der Waals surface area contributed by atoms with Crippen LogP contribution >= 0.6 is 11.6 Å². The van der Waals surface area contributed by atoms with Gasteiger partial charge in [-0.1, -0.05) is 25.4 Å². The number of hydrogen-bond donors (Lipinski definition) is 1. The van der Waals surface area contributed by atoms with Gasteiger partial charge in [-0.3, -0.25) is 4.68 Å². The van der Waals surface area contributed by atoms with Crippen molar-refractivity contribution < 1.29 is 5.11 Å². The van der Waals surface area contributed by atoms with Crippen molar-refractivity contribution in [1.82, 2.24) is 9.78 Å². The number of nitrogens with zero attached hydrogens (tertiary/aromatic N) is 2. The number of aliphatic hydroxyl groups excluding tert-OH is 1. The minimum atomic E-state index is -0.532. The lowest BCUT2D eigenvalue weighted by Crippen LogP contribution is -2.12. The normalized spacial score (nSPS) is 13.7. The van der Waals surface area contributed by atoms with Crippen LogP contribution in [0.25, 0.3) is 0 Å². The average Bonchev–Trinajstić information content (AvgIpc) is 2.45. The maximum Gasteiger partial charge on any atom is 0.0994 e. The van der Waals surface area contributed by atoms with Gasteiger partial charge in [-0.2, -0.15) is 5.10 Å². The second kappa shape index (κ2) is 4.11. The Balaban J connectivity index is 3.03. The quantitative estimate of drug-likeness (QED) is 0.817. The van der Waals surface area contributed by atoms with Crippen molar-refractivity contribution in [3.63, 3.8) is 0 Å². The lowest BCUT2D eigenvalue weighted by molar-refractivity contribution is 0.117. The number of hydrogen-bond acceptors (Lipinski definition) is 2. The molecule has 1 unspecified atom stereocenters. The van der Waals surface area contributed by atoms with E-state index in [1.165, 1.54) is 0 Å². The zero-order chi connectivity index (χ0) is 10.0. The summed E-state index contributed by atoms with van der Waals surface area (Å²) in [5.74, 6) is 0.152. The predicted octanol–water partition coefficient (Wildman–Crippen LogP) is 2.25. The molecule has 1 N–H and O–H groups in total. The summed E-state index contributed by atoms with van der Waals surface area (Å²) in [5.41, 5.74) is 0.721. The molecule has 0 fully saturated rings. The Morgan fingerprint density at radius 3 is 2.69 bits per heavy atom. The van der Waals surface area contributed by atoms with Crippen LogP contribution in [0.1, 0.15) is 32.6 Å². The van der Waals surface area contributed by atoms with Crippen LogP contribution in [0.5, 0.6) is 0 Å². The highest BCUT2D eigenvalue weighted by molar-refractivity contribution is 6.31. The molecule has 3 nitrogen and oxygen atoms in total. The van der Waals surface area contributed by atoms with Gasteiger partial charge in [-0.05, 0) is 12.8 Å². The Morgan fingerprint density at radius 2 is 2.23 bits per heavy atom. The van der Waals surface area contributed by atoms with Crippen LogP contribution in [-0.4, -0.2) is 14.9 Å². The smallest absolute Gasteiger partial charge is 0.0994 e. The molecule has 0 radical (unpaired) electrons. The summed E-state index contributed by atoms with van der Waals surface area (Å²) in [6.45, 7) is 6.60. The minimum absolute atomic E-state index is 0.152. The van der Waals surface area contributed by atoms with Crippen LogP contribution in [0.2, 0.25) is 5.02 Å². The first-order chi connectivity index (χ1) is 6.07. The molecule has 0 aromatic carbocycles. The fourth-order valence-corrected chi connectivity index (χ4v) is 1.49. The third-order valence-electron chi connectivity index (χ3n) is 2.04. The monoisotopic (exact) mass is 202 g/mol. The zero-order valence-corrected chi connectivity index (χ0v) is 8.91. The van der Waals surface area contributed by atoms with E-state index in [0.29, 0.717) is 5.02 Å². The third-order valence-corrected chi connectivity index (χ3v) is 2.34. The first kappa shape index (κ1) is 10.5. The maximum atomic E-state index is 9.83. The highest BCUT2D eigenvalue weighted by atomic mass is 35.5. The molecular formula is C9H15ClN2O. The SMILES string of the molecule is CCn1ncc(Cl)c1C(O)C(C)C. The molecule has 0 amide bonds. The van der Waals surface area contributed by atoms with E-state index in [2.05, 4.69) is 5.10 Å². The van der Waals surface area contributed by atoms with Gasteiger partial charge in [-0.15, -0.1) is 0 Å². The van der Waals surface area contributed by atoms with Crippen molar-refractivity contribution in [3.05, 3.63) is 16.9 Å². The number of halogens is 1. The van der Waals surface area contributed by atoms with Gasteiger partial charge in [0.2, 0.25) is 0 Å². The van der Waals surface area contributed by atoms with Crippen LogP contribution in [-0.2, 0) is 6.54 Å². The second-order valence-electron chi connectivity index (χ2n) is 3.38. The highest BCUT2D eigenvalue weighted by Gasteiger charge is 2.19. The van der Waals surface area contributed by atoms with Crippen LogP contribution < -0.4 is 0 Å². The lowest BCUT2D eigenvalue weighted by atomic mass is 10.0. The average molecular weight is 203 g/mol. The molecule has 0 bridgehead atoms. The summed E-state index contributed by atoms with van der Waals surface area (Å²) in [4.78, 5) is 0. The predicted molar refractivity (Wildman–Crippen MR) is 52.7 cm³/mol. The zero-order valence-electron chi connectivity index (χ0n) is 8.16. The van der Waals surface area contributed by atoms with Crippen LogP contribution in [0.4, 0.5) is 0 Å². The van der Waals surface area contributed by atoms with E-state index in [0.717, 1.165) is 12.2 Å². The molecule has 0 saturated heterocycles. The van der Waals surface area contributed by atoms with E-state index in [-0.39, 0.29) is 5.92 Å². The molecule has 1 aromatic rings. The van der Waals surface area contributed by atoms with Crippen molar-refractivity contribution in [3.8, 4) is 0 Å². The van der Waals surface area contributed by atoms with Crippen LogP contribution in [0.3, 0.4) is 0 Å². The molecule has 0 saturated carbocycles. The largest absolute Gasteiger partial charge is 0.386 e. The Bertz CT molecular complexity index is 283. The van der Waals surface area contributed by atoms with Crippen LogP contribution in [0.15, 0.2) is 6.20 Å². The fourth-order valence-electron chi connectivity index (χ4n) is 1.23. The number of aryl methyl sites for hydroxylation is 1. The summed E-state index contributed by atoms with van der Waals surface area (Å²) in [7, 11) is 0. The molecule has 0 aliphatic heterocycles. The maximum absolute atomic E-state index is 9.83. The van der Waals surface area contributed by atoms with Gasteiger partial charge >= 0.3 is 0 Å². The van der Waals surface area contributed by atoms with Crippen molar-refractivity contribution in [2.75, 3.05) is 0 Å². The second-order valence-corrected chi connectivity index (χ2v) is 3.79. The molecule has 0 aliphatic rings. The van der Waals surface area contributed by atoms with Gasteiger partial charge in [0.1, 0.15) is 0 Å². The van der Waals surface area contributed by atoms with Gasteiger partial charge in [0.05, 0.1) is 23.0 Å². The third kappa shape index (κ3) is 2.03. The van der Waals surface area contributed by atoms with E-state index >= 15 is 0 Å². The fraction of sp³-hybridized carbons (Fsp3) is 0.667. The summed E-state index contributed by atoms with van der Waals surface area (Å²) >= 11 is 5.92. The van der Waals surface area contributed by atoms with E-state index in [1.54, 1.807) is 10.9 Å². The Hall–Kier alpha value is -0.540. The van der Waals surface area contributed by atoms with Gasteiger partial charge in [0.15, 0.2) is 0 Å². The molecular weight excluding hydrogens is 188 g/mol. The topological polar surface area (TPSA) is 38.0 Å². The van der Waals surface area contributed by atoms with Gasteiger partial charge in [-0.25, -0.2) is 0 Å². The highest BCUT2D eigenvalue weighted by Crippen LogP contribution is 2.27. The Kier molecular flexibility index (Phi) is 3.33. The molecule has 1 rings (SSSR count). The molecule has 1 atom stereocenters. The molecule has 0 aliphatic carbocycles. The molecule has 0 spiro atoms. The first-order valence-electron chi connectivity index (χ1n) is 4.47. The van der Waals surface area contributed by atoms with Crippen molar-refractivity contribution in [2.24, 2.45) is 5.92 Å². The molecule has 13 heavy (non-hydrogen) atoms. The van der Waals surface area contributed by atoms with E-state index in [4.69, 9.17) is 11.6 Å². The van der Waals surface area contributed by atoms with E-state index in [1.807, 2.05) is 20.8 Å². The Labute approximate surface area is 83.3 Å². The molecule has 74 valence electrons. The molecule has 4 heteroatoms. The van der Waals surface area contributed by atoms with Gasteiger partial charge in [0, 0.05) is 6.54 Å². The van der Waals surface area contributed by atoms with Gasteiger partial charge < -0.3 is 5.11 Å². The van der Waals surface area contributed by atoms with Crippen LogP contribution in [0, 0.1) is 5.92 Å². The Morgan fingerprint density at radius 1 is 1.62 bits per heavy atom. The lowest BCUT2D eigenvalue weighted by Gasteiger charge is -2.16. The summed E-state index contributed by atoms with van der Waals surface area (Å²) in [5, 5.41) is 14.4. The van der Waals surface area contributed by atoms with Crippen molar-refractivity contribution in [2.45, 2.75) is 33.4 Å². The van der Waals surface area contributed by atoms with Crippen molar-refractivity contribution in [1.29, 1.82) is 0 Å². The number of aromatic nitrogens is 2. The van der Waals surface area contributed by atoms with Crippen molar-refractivity contribution >= 4 is 11.6 Å². The van der Waals surface area contributed by atoms with E-state index in [9.17, 15) is 5.11 Å².